The van der Waals surface area contributed by atoms with Gasteiger partial charge in [-0.1, -0.05) is 26.0 Å². The van der Waals surface area contributed by atoms with E-state index >= 15 is 0 Å². The molecule has 7 heteroatoms. The zero-order chi connectivity index (χ0) is 17.0. The van der Waals surface area contributed by atoms with Crippen molar-refractivity contribution < 1.29 is 13.2 Å². The summed E-state index contributed by atoms with van der Waals surface area (Å²) in [7, 11) is -3.41. The van der Waals surface area contributed by atoms with Crippen molar-refractivity contribution in [2.24, 2.45) is 5.92 Å². The standard InChI is InChI=1S/C16H21N3O3S/c1-13(2)16(20)18-7-9-19(10-8-18)23(21,22)12-15-5-3-14(11-17)4-6-15/h3-6,13H,7-10,12H2,1-2H3. The van der Waals surface area contributed by atoms with Crippen molar-refractivity contribution in [3.8, 4) is 6.07 Å². The fraction of sp³-hybridized carbons (Fsp3) is 0.500. The Bertz CT molecular complexity index is 697. The molecule has 1 heterocycles. The maximum Gasteiger partial charge on any atom is 0.225 e. The maximum absolute atomic E-state index is 12.5. The van der Waals surface area contributed by atoms with Crippen LogP contribution in [0.2, 0.25) is 0 Å². The van der Waals surface area contributed by atoms with Crippen LogP contribution in [-0.4, -0.2) is 49.7 Å². The summed E-state index contributed by atoms with van der Waals surface area (Å²) in [6.07, 6.45) is 0. The number of sulfonamides is 1. The maximum atomic E-state index is 12.5. The molecule has 0 saturated carbocycles. The Morgan fingerprint density at radius 1 is 1.17 bits per heavy atom. The summed E-state index contributed by atoms with van der Waals surface area (Å²) >= 11 is 0. The van der Waals surface area contributed by atoms with Gasteiger partial charge in [-0.15, -0.1) is 0 Å². The highest BCUT2D eigenvalue weighted by Gasteiger charge is 2.29. The van der Waals surface area contributed by atoms with Crippen LogP contribution in [0.4, 0.5) is 0 Å². The summed E-state index contributed by atoms with van der Waals surface area (Å²) in [5, 5.41) is 8.76. The summed E-state index contributed by atoms with van der Waals surface area (Å²) in [6, 6.07) is 8.56. The zero-order valence-electron chi connectivity index (χ0n) is 13.4. The lowest BCUT2D eigenvalue weighted by Crippen LogP contribution is -2.51. The number of piperazine rings is 1. The van der Waals surface area contributed by atoms with Crippen molar-refractivity contribution in [3.63, 3.8) is 0 Å². The Kier molecular flexibility index (Phi) is 5.39. The predicted molar refractivity (Wildman–Crippen MR) is 86.8 cm³/mol. The van der Waals surface area contributed by atoms with Gasteiger partial charge in [0.05, 0.1) is 17.4 Å². The molecule has 1 fully saturated rings. The van der Waals surface area contributed by atoms with Crippen LogP contribution < -0.4 is 0 Å². The van der Waals surface area contributed by atoms with Gasteiger partial charge in [0.15, 0.2) is 0 Å². The van der Waals surface area contributed by atoms with Gasteiger partial charge in [0.1, 0.15) is 0 Å². The molecule has 1 aliphatic heterocycles. The Balaban J connectivity index is 1.98. The van der Waals surface area contributed by atoms with E-state index in [9.17, 15) is 13.2 Å². The lowest BCUT2D eigenvalue weighted by Gasteiger charge is -2.34. The monoisotopic (exact) mass is 335 g/mol. The molecule has 0 atom stereocenters. The van der Waals surface area contributed by atoms with Gasteiger partial charge in [-0.25, -0.2) is 8.42 Å². The highest BCUT2D eigenvalue weighted by atomic mass is 32.2. The molecule has 1 saturated heterocycles. The molecule has 2 rings (SSSR count). The van der Waals surface area contributed by atoms with Crippen LogP contribution in [0, 0.1) is 17.2 Å². The number of benzene rings is 1. The summed E-state index contributed by atoms with van der Waals surface area (Å²) in [4.78, 5) is 13.7. The molecular weight excluding hydrogens is 314 g/mol. The fourth-order valence-corrected chi connectivity index (χ4v) is 4.05. The SMILES string of the molecule is CC(C)C(=O)N1CCN(S(=O)(=O)Cc2ccc(C#N)cc2)CC1. The van der Waals surface area contributed by atoms with Crippen LogP contribution in [0.1, 0.15) is 25.0 Å². The van der Waals surface area contributed by atoms with Gasteiger partial charge in [-0.2, -0.15) is 9.57 Å². The number of amides is 1. The summed E-state index contributed by atoms with van der Waals surface area (Å²) in [6.45, 7) is 5.22. The van der Waals surface area contributed by atoms with Crippen LogP contribution in [-0.2, 0) is 20.6 Å². The minimum atomic E-state index is -3.41. The van der Waals surface area contributed by atoms with Gasteiger partial charge in [-0.05, 0) is 17.7 Å². The molecule has 0 aliphatic carbocycles. The van der Waals surface area contributed by atoms with Crippen molar-refractivity contribution in [2.75, 3.05) is 26.2 Å². The molecule has 1 aliphatic rings. The molecule has 23 heavy (non-hydrogen) atoms. The molecule has 0 spiro atoms. The first-order chi connectivity index (χ1) is 10.8. The Hall–Kier alpha value is -1.91. The number of hydrogen-bond donors (Lipinski definition) is 0. The number of carbonyl (C=O) groups is 1. The molecule has 0 unspecified atom stereocenters. The number of nitriles is 1. The van der Waals surface area contributed by atoms with E-state index in [-0.39, 0.29) is 17.6 Å². The molecule has 0 radical (unpaired) electrons. The van der Waals surface area contributed by atoms with E-state index in [0.29, 0.717) is 37.3 Å². The predicted octanol–water partition coefficient (Wildman–Crippen LogP) is 1.19. The number of nitrogens with zero attached hydrogens (tertiary/aromatic N) is 3. The van der Waals surface area contributed by atoms with Gasteiger partial charge in [-0.3, -0.25) is 4.79 Å². The second-order valence-corrected chi connectivity index (χ2v) is 7.91. The third-order valence-electron chi connectivity index (χ3n) is 3.87. The van der Waals surface area contributed by atoms with Crippen molar-refractivity contribution in [1.82, 2.24) is 9.21 Å². The number of hydrogen-bond acceptors (Lipinski definition) is 4. The van der Waals surface area contributed by atoms with Crippen LogP contribution >= 0.6 is 0 Å². The highest BCUT2D eigenvalue weighted by molar-refractivity contribution is 7.88. The normalized spacial score (nSPS) is 16.3. The molecule has 0 N–H and O–H groups in total. The summed E-state index contributed by atoms with van der Waals surface area (Å²) < 4.78 is 26.4. The minimum absolute atomic E-state index is 0.0640. The second-order valence-electron chi connectivity index (χ2n) is 5.94. The van der Waals surface area contributed by atoms with E-state index in [0.717, 1.165) is 0 Å². The van der Waals surface area contributed by atoms with E-state index in [1.807, 2.05) is 19.9 Å². The quantitative estimate of drug-likeness (QED) is 0.827. The van der Waals surface area contributed by atoms with Gasteiger partial charge >= 0.3 is 0 Å². The lowest BCUT2D eigenvalue weighted by molar-refractivity contribution is -0.135. The molecular formula is C16H21N3O3S. The average Bonchev–Trinajstić information content (AvgIpc) is 2.54. The first-order valence-electron chi connectivity index (χ1n) is 7.59. The van der Waals surface area contributed by atoms with Crippen LogP contribution in [0.15, 0.2) is 24.3 Å². The van der Waals surface area contributed by atoms with Gasteiger partial charge in [0.25, 0.3) is 0 Å². The van der Waals surface area contributed by atoms with E-state index in [2.05, 4.69) is 0 Å². The summed E-state index contributed by atoms with van der Waals surface area (Å²) in [5.41, 5.74) is 1.16. The number of carbonyl (C=O) groups excluding carboxylic acids is 1. The zero-order valence-corrected chi connectivity index (χ0v) is 14.2. The van der Waals surface area contributed by atoms with Crippen molar-refractivity contribution in [3.05, 3.63) is 35.4 Å². The largest absolute Gasteiger partial charge is 0.340 e. The lowest BCUT2D eigenvalue weighted by atomic mass is 10.2. The third-order valence-corrected chi connectivity index (χ3v) is 5.72. The van der Waals surface area contributed by atoms with Crippen molar-refractivity contribution in [1.29, 1.82) is 5.26 Å². The molecule has 6 nitrogen and oxygen atoms in total. The Labute approximate surface area is 137 Å². The van der Waals surface area contributed by atoms with Crippen molar-refractivity contribution in [2.45, 2.75) is 19.6 Å². The van der Waals surface area contributed by atoms with E-state index in [1.165, 1.54) is 4.31 Å². The first kappa shape index (κ1) is 17.4. The Morgan fingerprint density at radius 3 is 2.22 bits per heavy atom. The second kappa shape index (κ2) is 7.11. The first-order valence-corrected chi connectivity index (χ1v) is 9.20. The molecule has 0 bridgehead atoms. The fourth-order valence-electron chi connectivity index (χ4n) is 2.53. The number of rotatable bonds is 4. The minimum Gasteiger partial charge on any atom is -0.340 e. The Morgan fingerprint density at radius 2 is 1.74 bits per heavy atom. The van der Waals surface area contributed by atoms with Crippen LogP contribution in [0.5, 0.6) is 0 Å². The molecule has 1 aromatic rings. The van der Waals surface area contributed by atoms with E-state index in [1.54, 1.807) is 29.2 Å². The molecule has 1 amide bonds. The highest BCUT2D eigenvalue weighted by Crippen LogP contribution is 2.15. The van der Waals surface area contributed by atoms with Gasteiger partial charge < -0.3 is 4.90 Å². The van der Waals surface area contributed by atoms with E-state index < -0.39 is 10.0 Å². The topological polar surface area (TPSA) is 81.5 Å². The van der Waals surface area contributed by atoms with Crippen molar-refractivity contribution >= 4 is 15.9 Å². The smallest absolute Gasteiger partial charge is 0.225 e. The van der Waals surface area contributed by atoms with E-state index in [4.69, 9.17) is 5.26 Å². The average molecular weight is 335 g/mol. The van der Waals surface area contributed by atoms with Crippen LogP contribution in [0.25, 0.3) is 0 Å². The van der Waals surface area contributed by atoms with Gasteiger partial charge in [0, 0.05) is 32.1 Å². The van der Waals surface area contributed by atoms with Gasteiger partial charge in [0.2, 0.25) is 15.9 Å². The molecule has 0 aromatic heterocycles. The third kappa shape index (κ3) is 4.30. The summed E-state index contributed by atoms with van der Waals surface area (Å²) in [5.74, 6) is -0.0949. The molecule has 1 aromatic carbocycles. The van der Waals surface area contributed by atoms with Crippen LogP contribution in [0.3, 0.4) is 0 Å². The molecule has 124 valence electrons.